The highest BCUT2D eigenvalue weighted by atomic mass is 32.2. The van der Waals surface area contributed by atoms with Crippen molar-refractivity contribution in [2.45, 2.75) is 50.2 Å². The lowest BCUT2D eigenvalue weighted by Crippen LogP contribution is -2.40. The van der Waals surface area contributed by atoms with E-state index in [1.807, 2.05) is 0 Å². The average Bonchev–Trinajstić information content (AvgIpc) is 2.53. The standard InChI is InChI=1S/C10H20N2S/c11-8-3-4-9(6-8)12-10-2-1-5-13-7-10/h8-10,12H,1-7,11H2. The summed E-state index contributed by atoms with van der Waals surface area (Å²) in [6.07, 6.45) is 6.47. The lowest BCUT2D eigenvalue weighted by atomic mass is 10.1. The number of nitrogens with one attached hydrogen (secondary N) is 1. The minimum absolute atomic E-state index is 0.466. The molecule has 2 aliphatic rings. The normalized spacial score (nSPS) is 40.8. The molecular formula is C10H20N2S. The molecule has 0 spiro atoms. The van der Waals surface area contributed by atoms with E-state index in [1.165, 1.54) is 43.6 Å². The van der Waals surface area contributed by atoms with E-state index in [0.717, 1.165) is 12.1 Å². The van der Waals surface area contributed by atoms with Crippen molar-refractivity contribution < 1.29 is 0 Å². The molecule has 0 aromatic carbocycles. The van der Waals surface area contributed by atoms with Crippen molar-refractivity contribution in [2.75, 3.05) is 11.5 Å². The van der Waals surface area contributed by atoms with E-state index >= 15 is 0 Å². The third-order valence-electron chi connectivity index (χ3n) is 3.10. The van der Waals surface area contributed by atoms with Crippen LogP contribution in [0.1, 0.15) is 32.1 Å². The molecule has 0 radical (unpaired) electrons. The Morgan fingerprint density at radius 3 is 2.69 bits per heavy atom. The molecule has 76 valence electrons. The highest BCUT2D eigenvalue weighted by molar-refractivity contribution is 7.99. The molecule has 1 saturated carbocycles. The molecule has 1 saturated heterocycles. The van der Waals surface area contributed by atoms with E-state index in [9.17, 15) is 0 Å². The summed E-state index contributed by atoms with van der Waals surface area (Å²) in [5, 5.41) is 3.75. The van der Waals surface area contributed by atoms with E-state index in [4.69, 9.17) is 5.73 Å². The van der Waals surface area contributed by atoms with Gasteiger partial charge in [-0.05, 0) is 37.9 Å². The van der Waals surface area contributed by atoms with Gasteiger partial charge < -0.3 is 11.1 Å². The first-order valence-electron chi connectivity index (χ1n) is 5.44. The van der Waals surface area contributed by atoms with Crippen molar-refractivity contribution in [3.8, 4) is 0 Å². The van der Waals surface area contributed by atoms with Gasteiger partial charge in [0.25, 0.3) is 0 Å². The van der Waals surface area contributed by atoms with Crippen molar-refractivity contribution in [3.05, 3.63) is 0 Å². The molecule has 3 atom stereocenters. The number of rotatable bonds is 2. The number of hydrogen-bond donors (Lipinski definition) is 2. The summed E-state index contributed by atoms with van der Waals surface area (Å²) in [5.74, 6) is 2.67. The molecule has 1 heterocycles. The Hall–Kier alpha value is 0.270. The first-order valence-corrected chi connectivity index (χ1v) is 6.59. The molecule has 1 aliphatic carbocycles. The van der Waals surface area contributed by atoms with Crippen LogP contribution in [0, 0.1) is 0 Å². The van der Waals surface area contributed by atoms with E-state index in [2.05, 4.69) is 17.1 Å². The third-order valence-corrected chi connectivity index (χ3v) is 4.32. The maximum atomic E-state index is 5.89. The highest BCUT2D eigenvalue weighted by Crippen LogP contribution is 2.22. The number of thioether (sulfide) groups is 1. The van der Waals surface area contributed by atoms with Gasteiger partial charge in [-0.15, -0.1) is 0 Å². The topological polar surface area (TPSA) is 38.0 Å². The fourth-order valence-corrected chi connectivity index (χ4v) is 3.46. The summed E-state index contributed by atoms with van der Waals surface area (Å²) in [7, 11) is 0. The van der Waals surface area contributed by atoms with E-state index in [0.29, 0.717) is 6.04 Å². The second kappa shape index (κ2) is 4.67. The Bertz CT molecular complexity index is 154. The summed E-state index contributed by atoms with van der Waals surface area (Å²) in [4.78, 5) is 0. The largest absolute Gasteiger partial charge is 0.328 e. The van der Waals surface area contributed by atoms with E-state index in [1.54, 1.807) is 0 Å². The molecule has 2 rings (SSSR count). The van der Waals surface area contributed by atoms with Crippen LogP contribution in [-0.4, -0.2) is 29.6 Å². The van der Waals surface area contributed by atoms with Gasteiger partial charge in [-0.2, -0.15) is 11.8 Å². The average molecular weight is 200 g/mol. The minimum atomic E-state index is 0.466. The van der Waals surface area contributed by atoms with Crippen LogP contribution in [0.2, 0.25) is 0 Å². The lowest BCUT2D eigenvalue weighted by molar-refractivity contribution is 0.426. The SMILES string of the molecule is NC1CCC(NC2CCCSC2)C1. The number of hydrogen-bond acceptors (Lipinski definition) is 3. The van der Waals surface area contributed by atoms with Gasteiger partial charge in [-0.1, -0.05) is 0 Å². The quantitative estimate of drug-likeness (QED) is 0.707. The molecule has 2 nitrogen and oxygen atoms in total. The Balaban J connectivity index is 1.71. The molecule has 2 fully saturated rings. The van der Waals surface area contributed by atoms with Crippen LogP contribution in [-0.2, 0) is 0 Å². The Labute approximate surface area is 85.0 Å². The molecule has 3 heteroatoms. The monoisotopic (exact) mass is 200 g/mol. The van der Waals surface area contributed by atoms with Crippen LogP contribution in [0.3, 0.4) is 0 Å². The minimum Gasteiger partial charge on any atom is -0.328 e. The predicted molar refractivity (Wildman–Crippen MR) is 59.1 cm³/mol. The fourth-order valence-electron chi connectivity index (χ4n) is 2.37. The van der Waals surface area contributed by atoms with Gasteiger partial charge >= 0.3 is 0 Å². The second-order valence-corrected chi connectivity index (χ2v) is 5.50. The van der Waals surface area contributed by atoms with Gasteiger partial charge in [-0.25, -0.2) is 0 Å². The summed E-state index contributed by atoms with van der Waals surface area (Å²) in [5.41, 5.74) is 5.89. The Morgan fingerprint density at radius 2 is 2.08 bits per heavy atom. The Kier molecular flexibility index (Phi) is 3.52. The van der Waals surface area contributed by atoms with Crippen molar-refractivity contribution in [1.82, 2.24) is 5.32 Å². The van der Waals surface area contributed by atoms with Crippen LogP contribution >= 0.6 is 11.8 Å². The molecule has 1 aliphatic heterocycles. The van der Waals surface area contributed by atoms with E-state index < -0.39 is 0 Å². The van der Waals surface area contributed by atoms with Gasteiger partial charge in [-0.3, -0.25) is 0 Å². The van der Waals surface area contributed by atoms with Crippen molar-refractivity contribution in [1.29, 1.82) is 0 Å². The summed E-state index contributed by atoms with van der Waals surface area (Å²) in [6, 6.07) is 1.96. The first kappa shape index (κ1) is 9.81. The maximum absolute atomic E-state index is 5.89. The predicted octanol–water partition coefficient (Wildman–Crippen LogP) is 1.35. The lowest BCUT2D eigenvalue weighted by Gasteiger charge is -2.26. The van der Waals surface area contributed by atoms with E-state index in [-0.39, 0.29) is 0 Å². The molecule has 13 heavy (non-hydrogen) atoms. The molecule has 0 amide bonds. The van der Waals surface area contributed by atoms with Gasteiger partial charge in [0.15, 0.2) is 0 Å². The highest BCUT2D eigenvalue weighted by Gasteiger charge is 2.24. The van der Waals surface area contributed by atoms with Crippen molar-refractivity contribution >= 4 is 11.8 Å². The molecule has 0 aromatic heterocycles. The van der Waals surface area contributed by atoms with Crippen LogP contribution in [0.4, 0.5) is 0 Å². The second-order valence-electron chi connectivity index (χ2n) is 4.35. The van der Waals surface area contributed by atoms with Gasteiger partial charge in [0.1, 0.15) is 0 Å². The van der Waals surface area contributed by atoms with Gasteiger partial charge in [0.05, 0.1) is 0 Å². The molecule has 3 unspecified atom stereocenters. The maximum Gasteiger partial charge on any atom is 0.0161 e. The third kappa shape index (κ3) is 2.86. The molecular weight excluding hydrogens is 180 g/mol. The van der Waals surface area contributed by atoms with Crippen LogP contribution in [0.5, 0.6) is 0 Å². The smallest absolute Gasteiger partial charge is 0.0161 e. The first-order chi connectivity index (χ1) is 6.34. The zero-order chi connectivity index (χ0) is 9.10. The Morgan fingerprint density at radius 1 is 1.15 bits per heavy atom. The van der Waals surface area contributed by atoms with Crippen LogP contribution < -0.4 is 11.1 Å². The fraction of sp³-hybridized carbons (Fsp3) is 1.00. The van der Waals surface area contributed by atoms with Crippen molar-refractivity contribution in [2.24, 2.45) is 5.73 Å². The van der Waals surface area contributed by atoms with Crippen LogP contribution in [0.15, 0.2) is 0 Å². The van der Waals surface area contributed by atoms with Gasteiger partial charge in [0.2, 0.25) is 0 Å². The summed E-state index contributed by atoms with van der Waals surface area (Å²) >= 11 is 2.09. The zero-order valence-corrected chi connectivity index (χ0v) is 8.98. The summed E-state index contributed by atoms with van der Waals surface area (Å²) < 4.78 is 0. The molecule has 0 aromatic rings. The number of nitrogens with two attached hydrogens (primary N) is 1. The molecule has 3 N–H and O–H groups in total. The zero-order valence-electron chi connectivity index (χ0n) is 8.17. The molecule has 0 bridgehead atoms. The summed E-state index contributed by atoms with van der Waals surface area (Å²) in [6.45, 7) is 0. The van der Waals surface area contributed by atoms with Gasteiger partial charge in [0, 0.05) is 23.9 Å². The van der Waals surface area contributed by atoms with Crippen LogP contribution in [0.25, 0.3) is 0 Å². The van der Waals surface area contributed by atoms with Crippen molar-refractivity contribution in [3.63, 3.8) is 0 Å².